The second-order valence-corrected chi connectivity index (χ2v) is 12.1. The zero-order valence-electron chi connectivity index (χ0n) is 23.9. The molecule has 0 bridgehead atoms. The maximum atomic E-state index is 12.3. The lowest BCUT2D eigenvalue weighted by molar-refractivity contribution is -0.120. The number of hydrogen-bond acceptors (Lipinski definition) is 7. The van der Waals surface area contributed by atoms with Crippen molar-refractivity contribution in [1.82, 2.24) is 5.32 Å². The highest BCUT2D eigenvalue weighted by molar-refractivity contribution is 8.78. The first-order valence-electron chi connectivity index (χ1n) is 13.2. The zero-order valence-corrected chi connectivity index (χ0v) is 25.5. The van der Waals surface area contributed by atoms with Gasteiger partial charge in [0.25, 0.3) is 0 Å². The van der Waals surface area contributed by atoms with Crippen LogP contribution in [-0.4, -0.2) is 54.9 Å². The molecule has 0 fully saturated rings. The summed E-state index contributed by atoms with van der Waals surface area (Å²) in [5.74, 6) is 0.0233. The van der Waals surface area contributed by atoms with Crippen LogP contribution in [0, 0.1) is 0 Å². The van der Waals surface area contributed by atoms with E-state index in [1.165, 1.54) is 5.57 Å². The molecule has 1 atom stereocenters. The molecule has 0 radical (unpaired) electrons. The van der Waals surface area contributed by atoms with Gasteiger partial charge in [0.05, 0.1) is 24.4 Å². The number of aliphatic imine (C=N–C) groups is 1. The molecule has 1 aliphatic heterocycles. The molecule has 1 heterocycles. The first-order chi connectivity index (χ1) is 17.1. The Kier molecular flexibility index (Phi) is 19.4. The van der Waals surface area contributed by atoms with E-state index in [0.717, 1.165) is 30.7 Å². The number of allylic oxidation sites excluding steroid dienone is 3. The third kappa shape index (κ3) is 17.4. The molecule has 3 N–H and O–H groups in total. The van der Waals surface area contributed by atoms with Crippen LogP contribution in [0.1, 0.15) is 87.5 Å². The van der Waals surface area contributed by atoms with E-state index in [2.05, 4.69) is 49.3 Å². The lowest BCUT2D eigenvalue weighted by atomic mass is 10.0. The maximum absolute atomic E-state index is 12.3. The zero-order chi connectivity index (χ0) is 27.5. The Bertz CT molecular complexity index is 732. The number of nitrogens with one attached hydrogen (secondary N) is 1. The minimum absolute atomic E-state index is 0.0233. The molecule has 1 unspecified atom stereocenters. The van der Waals surface area contributed by atoms with Crippen LogP contribution in [0.2, 0.25) is 0 Å². The maximum Gasteiger partial charge on any atom is 0.223 e. The summed E-state index contributed by atoms with van der Waals surface area (Å²) in [7, 11) is 3.50. The average molecular weight is 542 g/mol. The number of rotatable bonds is 17. The number of nitrogens with zero attached hydrogens (tertiary/aromatic N) is 1. The Morgan fingerprint density at radius 1 is 1.17 bits per heavy atom. The van der Waals surface area contributed by atoms with Gasteiger partial charge in [0, 0.05) is 31.0 Å². The normalized spacial score (nSPS) is 15.4. The number of nitrogens with two attached hydrogens (primary N) is 1. The molecule has 0 spiro atoms. The van der Waals surface area contributed by atoms with Gasteiger partial charge >= 0.3 is 0 Å². The summed E-state index contributed by atoms with van der Waals surface area (Å²) >= 11 is 0. The van der Waals surface area contributed by atoms with Crippen molar-refractivity contribution in [3.05, 3.63) is 34.9 Å². The number of ether oxygens (including phenoxy) is 2. The van der Waals surface area contributed by atoms with Crippen molar-refractivity contribution in [1.29, 1.82) is 0 Å². The van der Waals surface area contributed by atoms with Gasteiger partial charge < -0.3 is 20.5 Å². The van der Waals surface area contributed by atoms with Crippen LogP contribution in [-0.2, 0) is 14.3 Å². The predicted molar refractivity (Wildman–Crippen MR) is 161 cm³/mol. The first-order valence-corrected chi connectivity index (χ1v) is 15.4. The molecular formula is C28H51N3O3S2. The molecule has 208 valence electrons. The van der Waals surface area contributed by atoms with Gasteiger partial charge in [-0.15, -0.1) is 0 Å². The van der Waals surface area contributed by atoms with E-state index in [1.807, 2.05) is 46.9 Å². The SMILES string of the molecule is C/C=C(\C=C/CC(=O)NCCC(C)(C)OCCC(C)(C)OCCN)C(C)SSC1=CCCC=N1.CC. The predicted octanol–water partition coefficient (Wildman–Crippen LogP) is 6.83. The topological polar surface area (TPSA) is 85.9 Å². The van der Waals surface area contributed by atoms with Crippen molar-refractivity contribution >= 4 is 33.7 Å². The lowest BCUT2D eigenvalue weighted by Gasteiger charge is -2.29. The molecule has 0 aromatic carbocycles. The van der Waals surface area contributed by atoms with E-state index >= 15 is 0 Å². The van der Waals surface area contributed by atoms with Gasteiger partial charge in [-0.25, -0.2) is 0 Å². The second kappa shape index (κ2) is 20.0. The Hall–Kier alpha value is -1.06. The van der Waals surface area contributed by atoms with E-state index in [9.17, 15) is 4.79 Å². The molecule has 36 heavy (non-hydrogen) atoms. The van der Waals surface area contributed by atoms with E-state index in [-0.39, 0.29) is 17.1 Å². The molecule has 6 nitrogen and oxygen atoms in total. The van der Waals surface area contributed by atoms with Crippen LogP contribution < -0.4 is 11.1 Å². The largest absolute Gasteiger partial charge is 0.375 e. The van der Waals surface area contributed by atoms with Crippen molar-refractivity contribution in [2.24, 2.45) is 10.7 Å². The summed E-state index contributed by atoms with van der Waals surface area (Å²) in [4.78, 5) is 16.7. The fourth-order valence-corrected chi connectivity index (χ4v) is 5.38. The molecule has 0 saturated carbocycles. The summed E-state index contributed by atoms with van der Waals surface area (Å²) in [5, 5.41) is 4.40. The molecule has 0 aliphatic carbocycles. The van der Waals surface area contributed by atoms with Crippen LogP contribution in [0.25, 0.3) is 0 Å². The number of carbonyl (C=O) groups is 1. The van der Waals surface area contributed by atoms with Gasteiger partial charge in [-0.1, -0.05) is 48.9 Å². The molecular weight excluding hydrogens is 490 g/mol. The van der Waals surface area contributed by atoms with Crippen molar-refractivity contribution < 1.29 is 14.3 Å². The smallest absolute Gasteiger partial charge is 0.223 e. The quantitative estimate of drug-likeness (QED) is 0.155. The Morgan fingerprint density at radius 2 is 1.83 bits per heavy atom. The van der Waals surface area contributed by atoms with Gasteiger partial charge in [0.1, 0.15) is 5.03 Å². The van der Waals surface area contributed by atoms with Crippen LogP contribution in [0.4, 0.5) is 0 Å². The number of amides is 1. The number of hydrogen-bond donors (Lipinski definition) is 2. The van der Waals surface area contributed by atoms with Crippen molar-refractivity contribution in [3.8, 4) is 0 Å². The van der Waals surface area contributed by atoms with Crippen LogP contribution in [0.3, 0.4) is 0 Å². The van der Waals surface area contributed by atoms with Gasteiger partial charge in [-0.2, -0.15) is 0 Å². The summed E-state index contributed by atoms with van der Waals surface area (Å²) < 4.78 is 11.8. The Balaban J connectivity index is 0.00000596. The standard InChI is InChI=1S/C26H45N3O3S2.C2H6/c1-7-22(21(2)33-34-24-13-8-9-17-29-24)11-10-12-23(30)28-18-14-25(3,4)31-19-15-26(5,6)32-20-16-27;1-2/h7,10-11,13,17,21H,8-9,12,14-16,18-20,27H2,1-6H3,(H,28,30);1-2H3/b11-10-,22-7+;. The molecule has 8 heteroatoms. The fraction of sp³-hybridized carbons (Fsp3) is 0.714. The molecule has 0 saturated heterocycles. The van der Waals surface area contributed by atoms with Crippen molar-refractivity contribution in [2.45, 2.75) is 104 Å². The van der Waals surface area contributed by atoms with E-state index < -0.39 is 0 Å². The first kappa shape index (κ1) is 34.9. The van der Waals surface area contributed by atoms with Crippen LogP contribution in [0.15, 0.2) is 39.9 Å². The Morgan fingerprint density at radius 3 is 2.44 bits per heavy atom. The molecule has 1 amide bonds. The average Bonchev–Trinajstić information content (AvgIpc) is 2.85. The highest BCUT2D eigenvalue weighted by atomic mass is 33.1. The highest BCUT2D eigenvalue weighted by Gasteiger charge is 2.22. The third-order valence-electron chi connectivity index (χ3n) is 5.38. The fourth-order valence-electron chi connectivity index (χ4n) is 3.12. The Labute approximate surface area is 228 Å². The van der Waals surface area contributed by atoms with Crippen LogP contribution >= 0.6 is 21.6 Å². The van der Waals surface area contributed by atoms with Crippen molar-refractivity contribution in [3.63, 3.8) is 0 Å². The summed E-state index contributed by atoms with van der Waals surface area (Å²) in [6.07, 6.45) is 14.3. The lowest BCUT2D eigenvalue weighted by Crippen LogP contribution is -2.35. The van der Waals surface area contributed by atoms with Gasteiger partial charge in [-0.05, 0) is 83.6 Å². The molecule has 1 rings (SSSR count). The van der Waals surface area contributed by atoms with Gasteiger partial charge in [-0.3, -0.25) is 9.79 Å². The monoisotopic (exact) mass is 541 g/mol. The highest BCUT2D eigenvalue weighted by Crippen LogP contribution is 2.38. The molecule has 0 aromatic heterocycles. The van der Waals surface area contributed by atoms with E-state index in [1.54, 1.807) is 21.6 Å². The second-order valence-electron chi connectivity index (χ2n) is 9.50. The minimum atomic E-state index is -0.312. The molecule has 1 aliphatic rings. The van der Waals surface area contributed by atoms with E-state index in [4.69, 9.17) is 15.2 Å². The van der Waals surface area contributed by atoms with Gasteiger partial charge in [0.2, 0.25) is 5.91 Å². The van der Waals surface area contributed by atoms with E-state index in [0.29, 0.717) is 38.0 Å². The third-order valence-corrected chi connectivity index (χ3v) is 8.15. The minimum Gasteiger partial charge on any atom is -0.375 e. The summed E-state index contributed by atoms with van der Waals surface area (Å²) in [6, 6.07) is 0. The number of carbonyl (C=O) groups excluding carboxylic acids is 1. The van der Waals surface area contributed by atoms with Crippen LogP contribution in [0.5, 0.6) is 0 Å². The summed E-state index contributed by atoms with van der Waals surface area (Å²) in [5.41, 5.74) is 6.15. The van der Waals surface area contributed by atoms with Gasteiger partial charge in [0.15, 0.2) is 0 Å². The van der Waals surface area contributed by atoms with Crippen molar-refractivity contribution in [2.75, 3.05) is 26.3 Å². The summed E-state index contributed by atoms with van der Waals surface area (Å²) in [6.45, 7) is 18.7. The molecule has 0 aromatic rings.